The lowest BCUT2D eigenvalue weighted by molar-refractivity contribution is 0.203. The molecule has 0 saturated carbocycles. The molecule has 2 heterocycles. The molecule has 35 heavy (non-hydrogen) atoms. The monoisotopic (exact) mass is 462 g/mol. The number of allylic oxidation sites excluding steroid dienone is 6. The van der Waals surface area contributed by atoms with Crippen LogP contribution in [-0.2, 0) is 12.8 Å². The van der Waals surface area contributed by atoms with Gasteiger partial charge in [0, 0.05) is 46.3 Å². The maximum atomic E-state index is 7.21. The minimum Gasteiger partial charge on any atom is -0.461 e. The number of nitrogens with zero attached hydrogens (tertiary/aromatic N) is 1. The van der Waals surface area contributed by atoms with Gasteiger partial charge in [-0.3, -0.25) is 0 Å². The second kappa shape index (κ2) is 7.99. The predicted molar refractivity (Wildman–Crippen MR) is 145 cm³/mol. The summed E-state index contributed by atoms with van der Waals surface area (Å²) in [5, 5.41) is 1.40. The lowest BCUT2D eigenvalue weighted by Gasteiger charge is -2.41. The highest BCUT2D eigenvalue weighted by molar-refractivity contribution is 5.93. The van der Waals surface area contributed by atoms with E-state index in [4.69, 9.17) is 10.2 Å². The number of nitrogens with two attached hydrogens (primary N) is 1. The molecule has 2 N–H and O–H groups in total. The molecule has 4 aliphatic carbocycles. The lowest BCUT2D eigenvalue weighted by atomic mass is 9.66. The Balaban J connectivity index is 1.37. The van der Waals surface area contributed by atoms with Crippen molar-refractivity contribution in [2.24, 2.45) is 23.5 Å². The molecule has 1 aromatic carbocycles. The van der Waals surface area contributed by atoms with Gasteiger partial charge in [-0.2, -0.15) is 0 Å². The third-order valence-electron chi connectivity index (χ3n) is 9.00. The third-order valence-corrected chi connectivity index (χ3v) is 9.00. The van der Waals surface area contributed by atoms with E-state index in [1.54, 1.807) is 0 Å². The summed E-state index contributed by atoms with van der Waals surface area (Å²) in [5.74, 6) is 3.91. The van der Waals surface area contributed by atoms with Gasteiger partial charge in [-0.15, -0.1) is 0 Å². The SMILES string of the molecule is CC1CC=Cc2c1c1ccccc1n2C1=CC=CCC1C1C(C)Cc2oc3c(c2C1N)CCC=C3. The highest BCUT2D eigenvalue weighted by Crippen LogP contribution is 2.51. The molecule has 0 aliphatic heterocycles. The molecule has 2 aromatic heterocycles. The molecule has 4 aliphatic rings. The number of hydrogen-bond donors (Lipinski definition) is 1. The van der Waals surface area contributed by atoms with E-state index in [9.17, 15) is 0 Å². The van der Waals surface area contributed by atoms with Gasteiger partial charge in [-0.25, -0.2) is 0 Å². The molecule has 0 radical (unpaired) electrons. The van der Waals surface area contributed by atoms with E-state index in [-0.39, 0.29) is 6.04 Å². The van der Waals surface area contributed by atoms with E-state index in [0.29, 0.717) is 23.7 Å². The zero-order valence-corrected chi connectivity index (χ0v) is 20.7. The summed E-state index contributed by atoms with van der Waals surface area (Å²) in [6, 6.07) is 8.97. The van der Waals surface area contributed by atoms with Crippen LogP contribution in [0.2, 0.25) is 0 Å². The fourth-order valence-corrected chi connectivity index (χ4v) is 7.50. The Morgan fingerprint density at radius 1 is 1.00 bits per heavy atom. The van der Waals surface area contributed by atoms with Crippen molar-refractivity contribution in [1.29, 1.82) is 0 Å². The molecule has 0 spiro atoms. The Morgan fingerprint density at radius 3 is 2.80 bits per heavy atom. The second-order valence-electron chi connectivity index (χ2n) is 11.1. The van der Waals surface area contributed by atoms with Crippen LogP contribution in [0.3, 0.4) is 0 Å². The molecule has 0 amide bonds. The van der Waals surface area contributed by atoms with Crippen molar-refractivity contribution in [2.75, 3.05) is 0 Å². The average Bonchev–Trinajstić information content (AvgIpc) is 3.40. The topological polar surface area (TPSA) is 44.1 Å². The van der Waals surface area contributed by atoms with Crippen LogP contribution in [0, 0.1) is 17.8 Å². The fourth-order valence-electron chi connectivity index (χ4n) is 7.50. The van der Waals surface area contributed by atoms with E-state index >= 15 is 0 Å². The molecule has 5 unspecified atom stereocenters. The summed E-state index contributed by atoms with van der Waals surface area (Å²) >= 11 is 0. The number of hydrogen-bond acceptors (Lipinski definition) is 2. The van der Waals surface area contributed by atoms with Crippen molar-refractivity contribution in [3.05, 3.63) is 88.6 Å². The van der Waals surface area contributed by atoms with Gasteiger partial charge in [-0.1, -0.05) is 56.4 Å². The number of benzene rings is 1. The highest BCUT2D eigenvalue weighted by atomic mass is 16.3. The first-order chi connectivity index (χ1) is 17.1. The van der Waals surface area contributed by atoms with E-state index in [0.717, 1.165) is 43.6 Å². The smallest absolute Gasteiger partial charge is 0.130 e. The van der Waals surface area contributed by atoms with Gasteiger partial charge in [0.05, 0.1) is 5.52 Å². The van der Waals surface area contributed by atoms with Gasteiger partial charge in [0.1, 0.15) is 11.5 Å². The fraction of sp³-hybridized carbons (Fsp3) is 0.375. The van der Waals surface area contributed by atoms with E-state index in [1.165, 1.54) is 39.0 Å². The highest BCUT2D eigenvalue weighted by Gasteiger charge is 2.43. The number of fused-ring (bicyclic) bond motifs is 6. The third kappa shape index (κ3) is 3.07. The summed E-state index contributed by atoms with van der Waals surface area (Å²) in [4.78, 5) is 0. The van der Waals surface area contributed by atoms with Crippen LogP contribution in [-0.4, -0.2) is 4.57 Å². The summed E-state index contributed by atoms with van der Waals surface area (Å²) < 4.78 is 8.90. The van der Waals surface area contributed by atoms with Crippen LogP contribution >= 0.6 is 0 Å². The molecule has 0 fully saturated rings. The molecule has 3 nitrogen and oxygen atoms in total. The van der Waals surface area contributed by atoms with Crippen molar-refractivity contribution in [2.45, 2.75) is 57.9 Å². The molecule has 3 aromatic rings. The number of para-hydroxylation sites is 1. The van der Waals surface area contributed by atoms with E-state index < -0.39 is 0 Å². The van der Waals surface area contributed by atoms with Crippen molar-refractivity contribution in [3.63, 3.8) is 0 Å². The first kappa shape index (κ1) is 21.3. The van der Waals surface area contributed by atoms with Gasteiger partial charge in [0.25, 0.3) is 0 Å². The van der Waals surface area contributed by atoms with Crippen LogP contribution in [0.15, 0.2) is 59.1 Å². The zero-order valence-electron chi connectivity index (χ0n) is 20.7. The molecule has 0 bridgehead atoms. The van der Waals surface area contributed by atoms with Crippen molar-refractivity contribution in [1.82, 2.24) is 4.57 Å². The lowest BCUT2D eigenvalue weighted by Crippen LogP contribution is -2.39. The maximum absolute atomic E-state index is 7.21. The van der Waals surface area contributed by atoms with Crippen LogP contribution in [0.5, 0.6) is 0 Å². The quantitative estimate of drug-likeness (QED) is 0.425. The van der Waals surface area contributed by atoms with Crippen LogP contribution in [0.4, 0.5) is 0 Å². The van der Waals surface area contributed by atoms with Gasteiger partial charge in [-0.05, 0) is 73.3 Å². The summed E-state index contributed by atoms with van der Waals surface area (Å²) in [6.07, 6.45) is 21.3. The summed E-state index contributed by atoms with van der Waals surface area (Å²) in [6.45, 7) is 4.74. The predicted octanol–water partition coefficient (Wildman–Crippen LogP) is 7.64. The molecular weight excluding hydrogens is 428 g/mol. The van der Waals surface area contributed by atoms with Crippen LogP contribution < -0.4 is 5.73 Å². The number of aromatic nitrogens is 1. The molecular formula is C32H34N2O. The zero-order chi connectivity index (χ0) is 23.7. The van der Waals surface area contributed by atoms with Crippen molar-refractivity contribution >= 4 is 28.8 Å². The second-order valence-corrected chi connectivity index (χ2v) is 11.1. The average molecular weight is 463 g/mol. The van der Waals surface area contributed by atoms with E-state index in [1.807, 2.05) is 0 Å². The molecule has 5 atom stereocenters. The Labute approximate surface area is 207 Å². The normalized spacial score (nSPS) is 29.1. The Hall–Kier alpha value is -3.04. The van der Waals surface area contributed by atoms with Gasteiger partial charge in [0.15, 0.2) is 0 Å². The van der Waals surface area contributed by atoms with Gasteiger partial charge >= 0.3 is 0 Å². The molecule has 7 rings (SSSR count). The largest absolute Gasteiger partial charge is 0.461 e. The summed E-state index contributed by atoms with van der Waals surface area (Å²) in [5.41, 5.74) is 15.5. The minimum atomic E-state index is -0.000214. The van der Waals surface area contributed by atoms with Crippen LogP contribution in [0.25, 0.3) is 28.8 Å². The van der Waals surface area contributed by atoms with Crippen molar-refractivity contribution < 1.29 is 4.42 Å². The molecule has 3 heteroatoms. The van der Waals surface area contributed by atoms with Gasteiger partial charge < -0.3 is 14.7 Å². The Morgan fingerprint density at radius 2 is 1.89 bits per heavy atom. The number of rotatable bonds is 2. The van der Waals surface area contributed by atoms with E-state index in [2.05, 4.69) is 85.2 Å². The standard InChI is InChI=1S/C32H34N2O/c1-19-10-9-16-26-29(19)21-11-3-6-14-24(21)34(26)25-15-7-4-12-22(25)30-20(2)18-28-31(32(30)33)23-13-5-8-17-27(23)35-28/h3-4,6-9,11,14-17,19-20,22,30,32H,5,10,12-13,18,33H2,1-2H3. The first-order valence-electron chi connectivity index (χ1n) is 13.4. The Bertz CT molecular complexity index is 1440. The maximum Gasteiger partial charge on any atom is 0.130 e. The van der Waals surface area contributed by atoms with Gasteiger partial charge in [0.2, 0.25) is 0 Å². The summed E-state index contributed by atoms with van der Waals surface area (Å²) in [7, 11) is 0. The first-order valence-corrected chi connectivity index (χ1v) is 13.4. The number of furan rings is 1. The molecule has 178 valence electrons. The van der Waals surface area contributed by atoms with Crippen LogP contribution in [0.1, 0.15) is 79.0 Å². The van der Waals surface area contributed by atoms with Crippen molar-refractivity contribution in [3.8, 4) is 0 Å². The Kier molecular flexibility index (Phi) is 4.86. The molecule has 0 saturated heterocycles. The minimum absolute atomic E-state index is 0.000214.